The largest absolute Gasteiger partial charge is 0.401 e. The molecule has 0 fully saturated rings. The Balaban J connectivity index is 2.52. The van der Waals surface area contributed by atoms with Crippen molar-refractivity contribution in [3.8, 4) is 0 Å². The Morgan fingerprint density at radius 3 is 2.64 bits per heavy atom. The van der Waals surface area contributed by atoms with Gasteiger partial charge in [0.1, 0.15) is 5.69 Å². The van der Waals surface area contributed by atoms with Gasteiger partial charge >= 0.3 is 6.18 Å². The Hall–Kier alpha value is -1.87. The molecule has 0 bridgehead atoms. The number of benzene rings is 1. The number of aliphatic hydroxyl groups is 1. The van der Waals surface area contributed by atoms with Gasteiger partial charge in [-0.3, -0.25) is 15.0 Å². The first-order valence-electron chi connectivity index (χ1n) is 6.60. The number of aliphatic hydroxyl groups excluding tert-OH is 1. The van der Waals surface area contributed by atoms with Crippen molar-refractivity contribution >= 4 is 11.4 Å². The van der Waals surface area contributed by atoms with Crippen LogP contribution in [-0.2, 0) is 6.61 Å². The van der Waals surface area contributed by atoms with Crippen LogP contribution in [-0.4, -0.2) is 47.8 Å². The first-order valence-corrected chi connectivity index (χ1v) is 6.60. The highest BCUT2D eigenvalue weighted by Crippen LogP contribution is 2.25. The van der Waals surface area contributed by atoms with Crippen molar-refractivity contribution in [1.29, 1.82) is 0 Å². The number of hydrogen-bond acceptors (Lipinski definition) is 5. The number of nitro benzene ring substituents is 1. The van der Waals surface area contributed by atoms with Gasteiger partial charge < -0.3 is 10.4 Å². The van der Waals surface area contributed by atoms with Crippen LogP contribution in [0.5, 0.6) is 0 Å². The van der Waals surface area contributed by atoms with Gasteiger partial charge in [0, 0.05) is 12.6 Å². The molecule has 0 radical (unpaired) electrons. The average Bonchev–Trinajstić information content (AvgIpc) is 2.41. The molecule has 0 amide bonds. The number of nitro groups is 1. The minimum absolute atomic E-state index is 0.138. The van der Waals surface area contributed by atoms with Gasteiger partial charge in [-0.1, -0.05) is 0 Å². The number of nitrogens with zero attached hydrogens (tertiary/aromatic N) is 2. The van der Waals surface area contributed by atoms with E-state index >= 15 is 0 Å². The fraction of sp³-hybridized carbons (Fsp3) is 0.538. The summed E-state index contributed by atoms with van der Waals surface area (Å²) < 4.78 is 36.4. The van der Waals surface area contributed by atoms with Crippen molar-refractivity contribution in [2.45, 2.75) is 19.2 Å². The molecule has 0 heterocycles. The highest BCUT2D eigenvalue weighted by atomic mass is 19.4. The van der Waals surface area contributed by atoms with E-state index < -0.39 is 17.6 Å². The SMILES string of the molecule is CN(CCCNc1cc(CO)ccc1[N+](=O)[O-])CC(F)(F)F. The summed E-state index contributed by atoms with van der Waals surface area (Å²) in [5.74, 6) is 0. The van der Waals surface area contributed by atoms with Crippen LogP contribution in [0.25, 0.3) is 0 Å². The van der Waals surface area contributed by atoms with Crippen LogP contribution in [0.4, 0.5) is 24.5 Å². The molecule has 0 saturated heterocycles. The Bertz CT molecular complexity index is 509. The Labute approximate surface area is 125 Å². The van der Waals surface area contributed by atoms with E-state index in [4.69, 9.17) is 5.11 Å². The summed E-state index contributed by atoms with van der Waals surface area (Å²) in [4.78, 5) is 11.5. The summed E-state index contributed by atoms with van der Waals surface area (Å²) in [6.45, 7) is -0.744. The zero-order valence-electron chi connectivity index (χ0n) is 12.1. The third kappa shape index (κ3) is 6.27. The van der Waals surface area contributed by atoms with Gasteiger partial charge in [-0.15, -0.1) is 0 Å². The normalized spacial score (nSPS) is 11.7. The van der Waals surface area contributed by atoms with Crippen LogP contribution in [0.2, 0.25) is 0 Å². The van der Waals surface area contributed by atoms with Crippen LogP contribution in [0.15, 0.2) is 18.2 Å². The standard InChI is InChI=1S/C13H18F3N3O3/c1-18(9-13(14,15)16)6-2-5-17-11-7-10(8-20)3-4-12(11)19(21)22/h3-4,7,17,20H,2,5-6,8-9H2,1H3. The predicted octanol–water partition coefficient (Wildman–Crippen LogP) is 2.38. The Morgan fingerprint density at radius 1 is 1.41 bits per heavy atom. The molecule has 0 saturated carbocycles. The number of anilines is 1. The van der Waals surface area contributed by atoms with E-state index in [-0.39, 0.29) is 31.1 Å². The maximum atomic E-state index is 12.1. The second-order valence-corrected chi connectivity index (χ2v) is 4.90. The molecule has 0 atom stereocenters. The number of hydrogen-bond donors (Lipinski definition) is 2. The van der Waals surface area contributed by atoms with Gasteiger partial charge in [0.05, 0.1) is 18.1 Å². The van der Waals surface area contributed by atoms with Crippen molar-refractivity contribution in [2.75, 3.05) is 32.0 Å². The number of halogens is 3. The molecule has 0 aliphatic heterocycles. The Kier molecular flexibility index (Phi) is 6.57. The van der Waals surface area contributed by atoms with Crippen molar-refractivity contribution in [2.24, 2.45) is 0 Å². The molecule has 1 aromatic carbocycles. The monoisotopic (exact) mass is 321 g/mol. The van der Waals surface area contributed by atoms with Gasteiger partial charge in [-0.05, 0) is 37.7 Å². The lowest BCUT2D eigenvalue weighted by Gasteiger charge is -2.18. The summed E-state index contributed by atoms with van der Waals surface area (Å²) in [5.41, 5.74) is 0.623. The number of nitrogens with one attached hydrogen (secondary N) is 1. The summed E-state index contributed by atoms with van der Waals surface area (Å²) >= 11 is 0. The van der Waals surface area contributed by atoms with E-state index in [1.54, 1.807) is 0 Å². The summed E-state index contributed by atoms with van der Waals surface area (Å²) in [6.07, 6.45) is -3.84. The maximum absolute atomic E-state index is 12.1. The highest BCUT2D eigenvalue weighted by Gasteiger charge is 2.28. The van der Waals surface area contributed by atoms with Gasteiger partial charge in [-0.2, -0.15) is 13.2 Å². The zero-order valence-corrected chi connectivity index (χ0v) is 12.1. The maximum Gasteiger partial charge on any atom is 0.401 e. The van der Waals surface area contributed by atoms with Crippen LogP contribution < -0.4 is 5.32 Å². The average molecular weight is 321 g/mol. The highest BCUT2D eigenvalue weighted by molar-refractivity contribution is 5.62. The lowest BCUT2D eigenvalue weighted by atomic mass is 10.2. The van der Waals surface area contributed by atoms with Gasteiger partial charge in [0.15, 0.2) is 0 Å². The summed E-state index contributed by atoms with van der Waals surface area (Å²) in [7, 11) is 1.36. The van der Waals surface area contributed by atoms with Crippen molar-refractivity contribution in [1.82, 2.24) is 4.90 Å². The van der Waals surface area contributed by atoms with Gasteiger partial charge in [-0.25, -0.2) is 0 Å². The van der Waals surface area contributed by atoms with E-state index in [2.05, 4.69) is 5.32 Å². The molecule has 6 nitrogen and oxygen atoms in total. The lowest BCUT2D eigenvalue weighted by Crippen LogP contribution is -2.32. The fourth-order valence-corrected chi connectivity index (χ4v) is 1.94. The van der Waals surface area contributed by atoms with E-state index in [1.807, 2.05) is 0 Å². The van der Waals surface area contributed by atoms with Gasteiger partial charge in [0.25, 0.3) is 5.69 Å². The van der Waals surface area contributed by atoms with Crippen LogP contribution in [0.3, 0.4) is 0 Å². The smallest absolute Gasteiger partial charge is 0.392 e. The third-order valence-electron chi connectivity index (χ3n) is 2.92. The Morgan fingerprint density at radius 2 is 2.09 bits per heavy atom. The van der Waals surface area contributed by atoms with Crippen LogP contribution in [0.1, 0.15) is 12.0 Å². The van der Waals surface area contributed by atoms with Crippen molar-refractivity contribution < 1.29 is 23.2 Å². The second-order valence-electron chi connectivity index (χ2n) is 4.90. The third-order valence-corrected chi connectivity index (χ3v) is 2.92. The van der Waals surface area contributed by atoms with E-state index in [0.717, 1.165) is 4.90 Å². The molecule has 1 aromatic rings. The topological polar surface area (TPSA) is 78.6 Å². The predicted molar refractivity (Wildman–Crippen MR) is 75.7 cm³/mol. The second kappa shape index (κ2) is 7.95. The minimum Gasteiger partial charge on any atom is -0.392 e. The summed E-state index contributed by atoms with van der Waals surface area (Å²) in [6, 6.07) is 4.18. The molecule has 0 aliphatic carbocycles. The summed E-state index contributed by atoms with van der Waals surface area (Å²) in [5, 5.41) is 22.7. The lowest BCUT2D eigenvalue weighted by molar-refractivity contribution is -0.384. The number of alkyl halides is 3. The molecular weight excluding hydrogens is 303 g/mol. The zero-order chi connectivity index (χ0) is 16.8. The van der Waals surface area contributed by atoms with Gasteiger partial charge in [0.2, 0.25) is 0 Å². The van der Waals surface area contributed by atoms with E-state index in [9.17, 15) is 23.3 Å². The molecule has 1 rings (SSSR count). The minimum atomic E-state index is -4.24. The first-order chi connectivity index (χ1) is 10.2. The van der Waals surface area contributed by atoms with Crippen LogP contribution in [0, 0.1) is 10.1 Å². The fourth-order valence-electron chi connectivity index (χ4n) is 1.94. The molecule has 124 valence electrons. The van der Waals surface area contributed by atoms with E-state index in [0.29, 0.717) is 12.0 Å². The molecule has 0 spiro atoms. The molecule has 0 aliphatic rings. The molecular formula is C13H18F3N3O3. The molecule has 0 aromatic heterocycles. The van der Waals surface area contributed by atoms with Crippen molar-refractivity contribution in [3.63, 3.8) is 0 Å². The van der Waals surface area contributed by atoms with E-state index in [1.165, 1.54) is 25.2 Å². The molecule has 9 heteroatoms. The molecule has 22 heavy (non-hydrogen) atoms. The molecule has 2 N–H and O–H groups in total. The molecule has 0 unspecified atom stereocenters. The quantitative estimate of drug-likeness (QED) is 0.437. The number of rotatable bonds is 8. The van der Waals surface area contributed by atoms with Crippen molar-refractivity contribution in [3.05, 3.63) is 33.9 Å². The van der Waals surface area contributed by atoms with Crippen LogP contribution >= 0.6 is 0 Å². The first kappa shape index (κ1) is 18.2.